The summed E-state index contributed by atoms with van der Waals surface area (Å²) >= 11 is 0. The van der Waals surface area contributed by atoms with Gasteiger partial charge in [-0.05, 0) is 98.4 Å². The number of rotatable bonds is 5. The second kappa shape index (κ2) is 8.56. The number of allylic oxidation sites excluding steroid dienone is 2. The van der Waals surface area contributed by atoms with E-state index in [0.717, 1.165) is 43.2 Å². The molecule has 178 valence electrons. The fraction of sp³-hybridized carbons (Fsp3) is 0.857. The van der Waals surface area contributed by atoms with E-state index >= 15 is 0 Å². The fourth-order valence-electron chi connectivity index (χ4n) is 9.09. The van der Waals surface area contributed by atoms with Gasteiger partial charge in [0.25, 0.3) is 0 Å². The molecule has 7 atom stereocenters. The molecule has 4 aliphatic carbocycles. The highest BCUT2D eigenvalue weighted by atomic mass is 16.5. The summed E-state index contributed by atoms with van der Waals surface area (Å²) in [6.07, 6.45) is 15.0. The zero-order chi connectivity index (χ0) is 22.5. The van der Waals surface area contributed by atoms with E-state index in [0.29, 0.717) is 29.5 Å². The number of Topliss-reactive ketones (excluding diaryl/α,β-unsaturated/α-hetero) is 1. The summed E-state index contributed by atoms with van der Waals surface area (Å²) < 4.78 is 6.01. The first-order valence-corrected chi connectivity index (χ1v) is 13.6. The molecule has 0 unspecified atom stereocenters. The SMILES string of the molecule is CC(=O)C1=CC[C@H]2[C@@H]3CC[C@H]4C[C@@H](OC(=O)CC[NH+]5CCCC5)CC[C@]4(C)[C@@H]3CC[C@]12C. The van der Waals surface area contributed by atoms with Gasteiger partial charge in [0.2, 0.25) is 0 Å². The van der Waals surface area contributed by atoms with Gasteiger partial charge in [0.05, 0.1) is 26.1 Å². The number of hydrogen-bond donors (Lipinski definition) is 1. The molecule has 1 saturated heterocycles. The lowest BCUT2D eigenvalue weighted by Crippen LogP contribution is -3.10. The number of ketones is 1. The maximum absolute atomic E-state index is 12.5. The molecule has 3 saturated carbocycles. The van der Waals surface area contributed by atoms with Crippen molar-refractivity contribution in [2.24, 2.45) is 34.5 Å². The summed E-state index contributed by atoms with van der Waals surface area (Å²) in [5.74, 6) is 3.20. The molecule has 5 rings (SSSR count). The zero-order valence-corrected chi connectivity index (χ0v) is 20.6. The van der Waals surface area contributed by atoms with Crippen LogP contribution in [0, 0.1) is 34.5 Å². The van der Waals surface area contributed by atoms with Crippen molar-refractivity contribution < 1.29 is 19.2 Å². The van der Waals surface area contributed by atoms with E-state index in [9.17, 15) is 9.59 Å². The van der Waals surface area contributed by atoms with E-state index in [1.807, 2.05) is 0 Å². The molecule has 0 aromatic rings. The second-order valence-corrected chi connectivity index (χ2v) is 12.4. The molecule has 1 heterocycles. The number of esters is 1. The van der Waals surface area contributed by atoms with Gasteiger partial charge in [-0.3, -0.25) is 9.59 Å². The van der Waals surface area contributed by atoms with Crippen LogP contribution in [-0.2, 0) is 14.3 Å². The number of carbonyl (C=O) groups is 2. The monoisotopic (exact) mass is 442 g/mol. The lowest BCUT2D eigenvalue weighted by atomic mass is 9.44. The van der Waals surface area contributed by atoms with Crippen LogP contribution < -0.4 is 4.90 Å². The standard InChI is InChI=1S/C28H43NO3/c1-19(30)23-8-9-24-22-7-6-20-18-21(32-26(31)12-17-29-15-4-5-16-29)10-13-27(20,2)25(22)11-14-28(23,24)3/h8,20-22,24-25H,4-7,9-18H2,1-3H3/p+1/t20-,21-,22-,24-,25+,27-,28+/m0/s1. The summed E-state index contributed by atoms with van der Waals surface area (Å²) in [5, 5.41) is 0. The number of quaternary nitrogens is 1. The Morgan fingerprint density at radius 1 is 1.06 bits per heavy atom. The van der Waals surface area contributed by atoms with Crippen LogP contribution in [0.5, 0.6) is 0 Å². The molecule has 0 bridgehead atoms. The highest BCUT2D eigenvalue weighted by molar-refractivity contribution is 5.95. The van der Waals surface area contributed by atoms with Gasteiger partial charge in [0, 0.05) is 12.8 Å². The maximum Gasteiger partial charge on any atom is 0.311 e. The zero-order valence-electron chi connectivity index (χ0n) is 20.6. The summed E-state index contributed by atoms with van der Waals surface area (Å²) in [6.45, 7) is 10.1. The van der Waals surface area contributed by atoms with Crippen molar-refractivity contribution in [3.05, 3.63) is 11.6 Å². The summed E-state index contributed by atoms with van der Waals surface area (Å²) in [7, 11) is 0. The van der Waals surface area contributed by atoms with Gasteiger partial charge in [-0.2, -0.15) is 0 Å². The lowest BCUT2D eigenvalue weighted by Gasteiger charge is -2.60. The summed E-state index contributed by atoms with van der Waals surface area (Å²) in [5.41, 5.74) is 1.62. The Bertz CT molecular complexity index is 784. The molecule has 0 spiro atoms. The van der Waals surface area contributed by atoms with Crippen molar-refractivity contribution in [3.8, 4) is 0 Å². The molecule has 5 aliphatic rings. The van der Waals surface area contributed by atoms with E-state index < -0.39 is 0 Å². The first-order valence-electron chi connectivity index (χ1n) is 13.6. The average molecular weight is 443 g/mol. The molecule has 0 aromatic heterocycles. The molecule has 1 aliphatic heterocycles. The summed E-state index contributed by atoms with van der Waals surface area (Å²) in [4.78, 5) is 26.4. The van der Waals surface area contributed by atoms with Crippen LogP contribution in [0.1, 0.15) is 91.4 Å². The van der Waals surface area contributed by atoms with Crippen molar-refractivity contribution in [2.45, 2.75) is 97.5 Å². The van der Waals surface area contributed by atoms with Crippen LogP contribution in [0.25, 0.3) is 0 Å². The van der Waals surface area contributed by atoms with Crippen molar-refractivity contribution in [1.29, 1.82) is 0 Å². The Morgan fingerprint density at radius 3 is 2.59 bits per heavy atom. The minimum Gasteiger partial charge on any atom is -0.462 e. The quantitative estimate of drug-likeness (QED) is 0.651. The molecule has 0 aromatic carbocycles. The second-order valence-electron chi connectivity index (χ2n) is 12.4. The van der Waals surface area contributed by atoms with Gasteiger partial charge >= 0.3 is 5.97 Å². The van der Waals surface area contributed by atoms with Gasteiger partial charge in [-0.25, -0.2) is 0 Å². The summed E-state index contributed by atoms with van der Waals surface area (Å²) in [6, 6.07) is 0. The third-order valence-corrected chi connectivity index (χ3v) is 10.9. The minimum absolute atomic E-state index is 0.0360. The fourth-order valence-corrected chi connectivity index (χ4v) is 9.09. The topological polar surface area (TPSA) is 47.8 Å². The normalized spacial score (nSPS) is 43.7. The third-order valence-electron chi connectivity index (χ3n) is 10.9. The number of carbonyl (C=O) groups excluding carboxylic acids is 2. The number of nitrogens with one attached hydrogen (secondary N) is 1. The Labute approximate surface area is 194 Å². The average Bonchev–Trinajstić information content (AvgIpc) is 3.39. The molecular weight excluding hydrogens is 398 g/mol. The number of fused-ring (bicyclic) bond motifs is 5. The largest absolute Gasteiger partial charge is 0.462 e. The Balaban J connectivity index is 1.20. The van der Waals surface area contributed by atoms with Crippen LogP contribution in [0.2, 0.25) is 0 Å². The van der Waals surface area contributed by atoms with Gasteiger partial charge in [0.15, 0.2) is 5.78 Å². The molecule has 32 heavy (non-hydrogen) atoms. The smallest absolute Gasteiger partial charge is 0.311 e. The highest BCUT2D eigenvalue weighted by Gasteiger charge is 2.59. The maximum atomic E-state index is 12.5. The first kappa shape index (κ1) is 22.6. The molecular formula is C28H44NO3+. The lowest BCUT2D eigenvalue weighted by molar-refractivity contribution is -0.886. The van der Waals surface area contributed by atoms with E-state index in [4.69, 9.17) is 4.74 Å². The van der Waals surface area contributed by atoms with E-state index in [1.165, 1.54) is 58.0 Å². The Morgan fingerprint density at radius 2 is 1.84 bits per heavy atom. The van der Waals surface area contributed by atoms with Crippen molar-refractivity contribution in [3.63, 3.8) is 0 Å². The van der Waals surface area contributed by atoms with Gasteiger partial charge in [-0.1, -0.05) is 19.9 Å². The molecule has 1 N–H and O–H groups in total. The molecule has 4 fully saturated rings. The Hall–Kier alpha value is -1.16. The Kier molecular flexibility index (Phi) is 6.05. The first-order chi connectivity index (χ1) is 15.3. The number of hydrogen-bond acceptors (Lipinski definition) is 3. The minimum atomic E-state index is 0.0360. The molecule has 0 radical (unpaired) electrons. The van der Waals surface area contributed by atoms with E-state index in [-0.39, 0.29) is 17.5 Å². The van der Waals surface area contributed by atoms with Crippen molar-refractivity contribution >= 4 is 11.8 Å². The predicted molar refractivity (Wildman–Crippen MR) is 125 cm³/mol. The van der Waals surface area contributed by atoms with Crippen molar-refractivity contribution in [1.82, 2.24) is 0 Å². The van der Waals surface area contributed by atoms with Crippen LogP contribution in [0.4, 0.5) is 0 Å². The van der Waals surface area contributed by atoms with Gasteiger partial charge in [0.1, 0.15) is 6.10 Å². The van der Waals surface area contributed by atoms with Crippen LogP contribution in [-0.4, -0.2) is 37.5 Å². The highest BCUT2D eigenvalue weighted by Crippen LogP contribution is 2.66. The van der Waals surface area contributed by atoms with Crippen molar-refractivity contribution in [2.75, 3.05) is 19.6 Å². The number of ether oxygens (including phenoxy) is 1. The molecule has 4 nitrogen and oxygen atoms in total. The molecule has 0 amide bonds. The van der Waals surface area contributed by atoms with E-state index in [2.05, 4.69) is 19.9 Å². The number of likely N-dealkylation sites (tertiary alicyclic amines) is 1. The van der Waals surface area contributed by atoms with E-state index in [1.54, 1.807) is 11.8 Å². The third kappa shape index (κ3) is 3.79. The van der Waals surface area contributed by atoms with Gasteiger partial charge in [-0.15, -0.1) is 0 Å². The van der Waals surface area contributed by atoms with Crippen LogP contribution in [0.3, 0.4) is 0 Å². The van der Waals surface area contributed by atoms with Gasteiger partial charge < -0.3 is 9.64 Å². The van der Waals surface area contributed by atoms with Crippen LogP contribution in [0.15, 0.2) is 11.6 Å². The predicted octanol–water partition coefficient (Wildman–Crippen LogP) is 4.14. The molecule has 4 heteroatoms. The van der Waals surface area contributed by atoms with Crippen LogP contribution >= 0.6 is 0 Å².